The summed E-state index contributed by atoms with van der Waals surface area (Å²) in [6.07, 6.45) is -0.447. The highest BCUT2D eigenvalue weighted by Gasteiger charge is 2.36. The minimum Gasteiger partial charge on any atom is -0.490 e. The maximum atomic E-state index is 13.4. The van der Waals surface area contributed by atoms with Crippen LogP contribution in [0.15, 0.2) is 36.4 Å². The zero-order valence-corrected chi connectivity index (χ0v) is 22.0. The molecule has 4 amide bonds. The smallest absolute Gasteiger partial charge is 0.261 e. The van der Waals surface area contributed by atoms with Gasteiger partial charge < -0.3 is 9.47 Å². The van der Waals surface area contributed by atoms with Crippen molar-refractivity contribution in [2.24, 2.45) is 0 Å². The number of fused-ring (bicyclic) bond motifs is 2. The molecule has 0 radical (unpaired) electrons. The van der Waals surface area contributed by atoms with Gasteiger partial charge in [0.05, 0.1) is 23.3 Å². The number of ether oxygens (including phenoxy) is 2. The highest BCUT2D eigenvalue weighted by atomic mass is 16.5. The Morgan fingerprint density at radius 1 is 0.590 bits per heavy atom. The SMILES string of the molecule is CC(C)Oc1cc2c3c(ccc4c5ccc6c7c(cc(OC(C)C)c(c1c34)c75)C(=O)N(C)C6=O)C(=O)NC2=O. The molecule has 0 atom stereocenters. The lowest BCUT2D eigenvalue weighted by Gasteiger charge is -2.29. The Bertz CT molecular complexity index is 1990. The summed E-state index contributed by atoms with van der Waals surface area (Å²) in [6.45, 7) is 7.59. The third kappa shape index (κ3) is 2.94. The molecule has 194 valence electrons. The molecule has 0 saturated heterocycles. The van der Waals surface area contributed by atoms with Gasteiger partial charge in [0.2, 0.25) is 0 Å². The zero-order valence-electron chi connectivity index (χ0n) is 22.0. The van der Waals surface area contributed by atoms with Crippen molar-refractivity contribution in [2.45, 2.75) is 39.9 Å². The second kappa shape index (κ2) is 7.66. The quantitative estimate of drug-likeness (QED) is 0.193. The first-order valence-electron chi connectivity index (χ1n) is 12.9. The molecule has 0 fully saturated rings. The standard InChI is InChI=1S/C31H24N2O6/c1-12(2)38-20-10-18-22-16(28(34)32-29(18)35)8-6-14-15-7-9-17-23-19(31(37)33(5)30(17)36)11-21(39-13(3)4)27(25(15)23)26(20)24(14)22/h6-13H,1-5H3,(H,32,34,35). The van der Waals surface area contributed by atoms with Gasteiger partial charge >= 0.3 is 0 Å². The minimum atomic E-state index is -0.487. The summed E-state index contributed by atoms with van der Waals surface area (Å²) in [7, 11) is 1.48. The van der Waals surface area contributed by atoms with E-state index in [0.717, 1.165) is 15.7 Å². The lowest BCUT2D eigenvalue weighted by molar-refractivity contribution is 0.0649. The molecular weight excluding hydrogens is 496 g/mol. The predicted molar refractivity (Wildman–Crippen MR) is 147 cm³/mol. The summed E-state index contributed by atoms with van der Waals surface area (Å²) in [4.78, 5) is 53.7. The van der Waals surface area contributed by atoms with Crippen LogP contribution in [0.5, 0.6) is 11.5 Å². The first-order valence-corrected chi connectivity index (χ1v) is 12.9. The van der Waals surface area contributed by atoms with Gasteiger partial charge in [-0.1, -0.05) is 12.1 Å². The summed E-state index contributed by atoms with van der Waals surface area (Å²) >= 11 is 0. The van der Waals surface area contributed by atoms with Crippen LogP contribution in [-0.2, 0) is 0 Å². The molecule has 2 heterocycles. The topological polar surface area (TPSA) is 102 Å². The van der Waals surface area contributed by atoms with Crippen molar-refractivity contribution in [1.29, 1.82) is 0 Å². The number of nitrogens with zero attached hydrogens (tertiary/aromatic N) is 1. The molecule has 2 aliphatic rings. The molecule has 7 rings (SSSR count). The highest BCUT2D eigenvalue weighted by molar-refractivity contribution is 6.43. The Labute approximate surface area is 222 Å². The van der Waals surface area contributed by atoms with Crippen LogP contribution in [0.25, 0.3) is 43.1 Å². The summed E-state index contributed by atoms with van der Waals surface area (Å²) < 4.78 is 12.7. The molecule has 0 spiro atoms. The van der Waals surface area contributed by atoms with Crippen molar-refractivity contribution in [3.63, 3.8) is 0 Å². The molecule has 39 heavy (non-hydrogen) atoms. The fraction of sp³-hybridized carbons (Fsp3) is 0.226. The molecule has 5 aromatic carbocycles. The molecule has 0 aromatic heterocycles. The lowest BCUT2D eigenvalue weighted by atomic mass is 9.81. The van der Waals surface area contributed by atoms with Gasteiger partial charge in [-0.3, -0.25) is 29.4 Å². The van der Waals surface area contributed by atoms with Crippen molar-refractivity contribution in [1.82, 2.24) is 10.2 Å². The van der Waals surface area contributed by atoms with Crippen LogP contribution in [0.1, 0.15) is 69.1 Å². The Morgan fingerprint density at radius 3 is 1.62 bits per heavy atom. The highest BCUT2D eigenvalue weighted by Crippen LogP contribution is 2.51. The van der Waals surface area contributed by atoms with Gasteiger partial charge in [-0.05, 0) is 62.7 Å². The van der Waals surface area contributed by atoms with Crippen molar-refractivity contribution < 1.29 is 28.7 Å². The zero-order chi connectivity index (χ0) is 27.5. The number of imide groups is 2. The van der Waals surface area contributed by atoms with Gasteiger partial charge in [0.15, 0.2) is 0 Å². The lowest BCUT2D eigenvalue weighted by Crippen LogP contribution is -2.37. The van der Waals surface area contributed by atoms with Crippen LogP contribution in [-0.4, -0.2) is 47.8 Å². The summed E-state index contributed by atoms with van der Waals surface area (Å²) in [5.41, 5.74) is 1.57. The summed E-state index contributed by atoms with van der Waals surface area (Å²) in [5.74, 6) is -0.800. The van der Waals surface area contributed by atoms with Crippen molar-refractivity contribution in [2.75, 3.05) is 7.05 Å². The Balaban J connectivity index is 1.83. The largest absolute Gasteiger partial charge is 0.490 e. The molecule has 0 unspecified atom stereocenters. The van der Waals surface area contributed by atoms with Gasteiger partial charge in [-0.15, -0.1) is 0 Å². The molecule has 0 bridgehead atoms. The number of amides is 4. The van der Waals surface area contributed by atoms with Crippen LogP contribution in [0.3, 0.4) is 0 Å². The Morgan fingerprint density at radius 2 is 1.05 bits per heavy atom. The first kappa shape index (κ1) is 23.4. The van der Waals surface area contributed by atoms with Crippen LogP contribution in [0.2, 0.25) is 0 Å². The molecule has 5 aromatic rings. The number of rotatable bonds is 4. The van der Waals surface area contributed by atoms with Crippen LogP contribution < -0.4 is 14.8 Å². The van der Waals surface area contributed by atoms with E-state index in [9.17, 15) is 19.2 Å². The van der Waals surface area contributed by atoms with Crippen LogP contribution in [0, 0.1) is 0 Å². The monoisotopic (exact) mass is 520 g/mol. The number of carbonyl (C=O) groups excluding carboxylic acids is 4. The van der Waals surface area contributed by atoms with Gasteiger partial charge in [0.25, 0.3) is 23.6 Å². The van der Waals surface area contributed by atoms with E-state index in [1.807, 2.05) is 39.8 Å². The average molecular weight is 521 g/mol. The number of carbonyl (C=O) groups is 4. The van der Waals surface area contributed by atoms with E-state index >= 15 is 0 Å². The minimum absolute atomic E-state index is 0.223. The summed E-state index contributed by atoms with van der Waals surface area (Å²) in [6, 6.07) is 10.6. The van der Waals surface area contributed by atoms with E-state index in [1.165, 1.54) is 7.05 Å². The van der Waals surface area contributed by atoms with Gasteiger partial charge in [0, 0.05) is 50.5 Å². The normalized spacial score (nSPS) is 15.1. The number of nitrogens with one attached hydrogen (secondary N) is 1. The van der Waals surface area contributed by atoms with E-state index in [4.69, 9.17) is 9.47 Å². The second-order valence-corrected chi connectivity index (χ2v) is 10.7. The van der Waals surface area contributed by atoms with E-state index in [0.29, 0.717) is 66.1 Å². The molecule has 0 aliphatic carbocycles. The van der Waals surface area contributed by atoms with E-state index < -0.39 is 17.7 Å². The Hall–Kier alpha value is -4.72. The van der Waals surface area contributed by atoms with Crippen molar-refractivity contribution >= 4 is 66.7 Å². The molecule has 2 aliphatic heterocycles. The van der Waals surface area contributed by atoms with Crippen molar-refractivity contribution in [3.8, 4) is 11.5 Å². The molecule has 1 N–H and O–H groups in total. The third-order valence-corrected chi connectivity index (χ3v) is 7.54. The molecule has 8 nitrogen and oxygen atoms in total. The van der Waals surface area contributed by atoms with E-state index in [1.54, 1.807) is 24.3 Å². The van der Waals surface area contributed by atoms with Gasteiger partial charge in [-0.25, -0.2) is 0 Å². The van der Waals surface area contributed by atoms with Gasteiger partial charge in [0.1, 0.15) is 11.5 Å². The molecule has 8 heteroatoms. The second-order valence-electron chi connectivity index (χ2n) is 10.7. The number of benzene rings is 5. The number of hydrogen-bond donors (Lipinski definition) is 1. The fourth-order valence-corrected chi connectivity index (χ4v) is 6.13. The first-order chi connectivity index (χ1) is 18.6. The van der Waals surface area contributed by atoms with E-state index in [2.05, 4.69) is 5.32 Å². The molecular formula is C31H24N2O6. The Kier molecular flexibility index (Phi) is 4.60. The number of hydrogen-bond acceptors (Lipinski definition) is 6. The predicted octanol–water partition coefficient (Wildman–Crippen LogP) is 5.42. The maximum absolute atomic E-state index is 13.4. The van der Waals surface area contributed by atoms with Crippen LogP contribution in [0.4, 0.5) is 0 Å². The fourth-order valence-electron chi connectivity index (χ4n) is 6.13. The average Bonchev–Trinajstić information content (AvgIpc) is 2.88. The van der Waals surface area contributed by atoms with Crippen LogP contribution >= 0.6 is 0 Å². The maximum Gasteiger partial charge on any atom is 0.261 e. The van der Waals surface area contributed by atoms with Gasteiger partial charge in [-0.2, -0.15) is 0 Å². The summed E-state index contributed by atoms with van der Waals surface area (Å²) in [5, 5.41) is 7.89. The van der Waals surface area contributed by atoms with Crippen molar-refractivity contribution in [3.05, 3.63) is 58.7 Å². The third-order valence-electron chi connectivity index (χ3n) is 7.54. The van der Waals surface area contributed by atoms with E-state index in [-0.39, 0.29) is 18.1 Å². The molecule has 0 saturated carbocycles.